The van der Waals surface area contributed by atoms with Crippen molar-refractivity contribution in [1.29, 1.82) is 0 Å². The van der Waals surface area contributed by atoms with Crippen LogP contribution in [0.1, 0.15) is 29.1 Å². The summed E-state index contributed by atoms with van der Waals surface area (Å²) in [5.41, 5.74) is 2.86. The van der Waals surface area contributed by atoms with Gasteiger partial charge in [-0.1, -0.05) is 60.7 Å². The second-order valence-corrected chi connectivity index (χ2v) is 6.44. The van der Waals surface area contributed by atoms with Crippen LogP contribution in [0, 0.1) is 0 Å². The smallest absolute Gasteiger partial charge is 0.276 e. The zero-order chi connectivity index (χ0) is 17.9. The Balaban J connectivity index is 1.60. The molecule has 0 radical (unpaired) electrons. The fraction of sp³-hybridized carbons (Fsp3) is 0.250. The molecule has 6 heteroatoms. The second kappa shape index (κ2) is 7.09. The van der Waals surface area contributed by atoms with Crippen molar-refractivity contribution in [2.75, 3.05) is 13.1 Å². The molecule has 1 fully saturated rings. The van der Waals surface area contributed by atoms with Gasteiger partial charge in [0.25, 0.3) is 5.91 Å². The maximum Gasteiger partial charge on any atom is 0.276 e. The highest BCUT2D eigenvalue weighted by molar-refractivity contribution is 5.98. The average molecular weight is 348 g/mol. The Morgan fingerprint density at radius 2 is 1.73 bits per heavy atom. The van der Waals surface area contributed by atoms with E-state index in [0.717, 1.165) is 11.1 Å². The van der Waals surface area contributed by atoms with Crippen molar-refractivity contribution in [2.24, 2.45) is 0 Å². The molecule has 132 valence electrons. The minimum absolute atomic E-state index is 0.0509. The number of carbonyl (C=O) groups is 1. The molecular formula is C20H20N4O2. The van der Waals surface area contributed by atoms with Crippen molar-refractivity contribution < 1.29 is 9.53 Å². The Bertz CT molecular complexity index is 879. The van der Waals surface area contributed by atoms with Crippen LogP contribution >= 0.6 is 0 Å². The molecule has 2 atom stereocenters. The lowest BCUT2D eigenvalue weighted by molar-refractivity contribution is -0.0692. The quantitative estimate of drug-likeness (QED) is 0.790. The summed E-state index contributed by atoms with van der Waals surface area (Å²) in [6.45, 7) is 3.01. The first kappa shape index (κ1) is 16.5. The highest BCUT2D eigenvalue weighted by atomic mass is 16.5. The van der Waals surface area contributed by atoms with Gasteiger partial charge in [0, 0.05) is 12.1 Å². The predicted molar refractivity (Wildman–Crippen MR) is 97.5 cm³/mol. The molecule has 1 aliphatic heterocycles. The first-order valence-corrected chi connectivity index (χ1v) is 8.68. The monoisotopic (exact) mass is 348 g/mol. The van der Waals surface area contributed by atoms with E-state index in [4.69, 9.17) is 4.74 Å². The number of H-pyrrole nitrogens is 1. The van der Waals surface area contributed by atoms with Gasteiger partial charge in [0.15, 0.2) is 5.69 Å². The first-order valence-electron chi connectivity index (χ1n) is 8.68. The van der Waals surface area contributed by atoms with Gasteiger partial charge in [0.1, 0.15) is 11.8 Å². The number of aromatic nitrogens is 3. The Hall–Kier alpha value is -2.99. The maximum absolute atomic E-state index is 13.1. The van der Waals surface area contributed by atoms with Crippen LogP contribution < -0.4 is 0 Å². The number of rotatable bonds is 3. The molecule has 1 aliphatic rings. The first-order chi connectivity index (χ1) is 12.7. The van der Waals surface area contributed by atoms with E-state index in [9.17, 15) is 4.79 Å². The van der Waals surface area contributed by atoms with Crippen molar-refractivity contribution in [3.8, 4) is 11.3 Å². The van der Waals surface area contributed by atoms with Crippen LogP contribution in [0.5, 0.6) is 0 Å². The fourth-order valence-electron chi connectivity index (χ4n) is 3.30. The molecule has 1 amide bonds. The molecule has 0 saturated carbocycles. The highest BCUT2D eigenvalue weighted by Crippen LogP contribution is 2.27. The van der Waals surface area contributed by atoms with Gasteiger partial charge in [-0.3, -0.25) is 4.79 Å². The number of ether oxygens (including phenoxy) is 1. The van der Waals surface area contributed by atoms with Gasteiger partial charge in [-0.25, -0.2) is 0 Å². The van der Waals surface area contributed by atoms with Crippen molar-refractivity contribution >= 4 is 5.91 Å². The molecule has 2 aromatic carbocycles. The largest absolute Gasteiger partial charge is 0.367 e. The second-order valence-electron chi connectivity index (χ2n) is 6.44. The summed E-state index contributed by atoms with van der Waals surface area (Å²) in [7, 11) is 0. The van der Waals surface area contributed by atoms with E-state index in [2.05, 4.69) is 15.4 Å². The minimum Gasteiger partial charge on any atom is -0.367 e. The summed E-state index contributed by atoms with van der Waals surface area (Å²) in [5.74, 6) is -0.131. The summed E-state index contributed by atoms with van der Waals surface area (Å²) >= 11 is 0. The van der Waals surface area contributed by atoms with Crippen LogP contribution in [-0.4, -0.2) is 45.4 Å². The van der Waals surface area contributed by atoms with Gasteiger partial charge >= 0.3 is 0 Å². The number of benzene rings is 2. The van der Waals surface area contributed by atoms with E-state index >= 15 is 0 Å². The molecule has 0 unspecified atom stereocenters. The fourth-order valence-corrected chi connectivity index (χ4v) is 3.30. The number of nitrogens with one attached hydrogen (secondary N) is 1. The summed E-state index contributed by atoms with van der Waals surface area (Å²) in [6.07, 6.45) is -0.194. The zero-order valence-electron chi connectivity index (χ0n) is 14.5. The number of morpholine rings is 1. The normalized spacial score (nSPS) is 20.1. The van der Waals surface area contributed by atoms with Crippen molar-refractivity contribution in [3.05, 3.63) is 71.9 Å². The van der Waals surface area contributed by atoms with E-state index in [-0.39, 0.29) is 18.1 Å². The maximum atomic E-state index is 13.1. The summed E-state index contributed by atoms with van der Waals surface area (Å²) in [5, 5.41) is 10.9. The van der Waals surface area contributed by atoms with Gasteiger partial charge in [-0.05, 0) is 12.5 Å². The highest BCUT2D eigenvalue weighted by Gasteiger charge is 2.32. The third-order valence-electron chi connectivity index (χ3n) is 4.52. The number of hydrogen-bond acceptors (Lipinski definition) is 4. The van der Waals surface area contributed by atoms with Crippen LogP contribution in [0.2, 0.25) is 0 Å². The average Bonchev–Trinajstić information content (AvgIpc) is 3.18. The number of aromatic amines is 1. The molecule has 4 rings (SSSR count). The van der Waals surface area contributed by atoms with Crippen LogP contribution in [0.4, 0.5) is 0 Å². The lowest BCUT2D eigenvalue weighted by Gasteiger charge is -2.36. The van der Waals surface area contributed by atoms with Gasteiger partial charge in [-0.2, -0.15) is 15.4 Å². The van der Waals surface area contributed by atoms with Crippen molar-refractivity contribution in [2.45, 2.75) is 19.1 Å². The standard InChI is InChI=1S/C20H20N4O2/c1-14-12-24(13-17(26-14)15-8-4-2-5-9-15)20(25)19-18(21-23-22-19)16-10-6-3-7-11-16/h2-11,14,17H,12-13H2,1H3,(H,21,22,23)/t14-,17-/m1/s1. The molecule has 1 N–H and O–H groups in total. The third kappa shape index (κ3) is 3.23. The topological polar surface area (TPSA) is 71.1 Å². The van der Waals surface area contributed by atoms with Gasteiger partial charge in [0.05, 0.1) is 12.6 Å². The predicted octanol–water partition coefficient (Wildman–Crippen LogP) is 3.07. The van der Waals surface area contributed by atoms with E-state index in [1.165, 1.54) is 0 Å². The zero-order valence-corrected chi connectivity index (χ0v) is 14.5. The molecule has 1 aromatic heterocycles. The Labute approximate surface area is 151 Å². The van der Waals surface area contributed by atoms with E-state index in [0.29, 0.717) is 24.5 Å². The third-order valence-corrected chi connectivity index (χ3v) is 4.52. The van der Waals surface area contributed by atoms with Gasteiger partial charge in [0.2, 0.25) is 0 Å². The molecule has 0 bridgehead atoms. The van der Waals surface area contributed by atoms with Gasteiger partial charge in [-0.15, -0.1) is 0 Å². The minimum atomic E-state index is -0.143. The molecule has 0 spiro atoms. The van der Waals surface area contributed by atoms with E-state index in [1.807, 2.05) is 67.6 Å². The molecular weight excluding hydrogens is 328 g/mol. The number of hydrogen-bond donors (Lipinski definition) is 1. The Morgan fingerprint density at radius 1 is 1.04 bits per heavy atom. The van der Waals surface area contributed by atoms with E-state index in [1.54, 1.807) is 4.90 Å². The molecule has 6 nitrogen and oxygen atoms in total. The van der Waals surface area contributed by atoms with Crippen LogP contribution in [0.15, 0.2) is 60.7 Å². The summed E-state index contributed by atoms with van der Waals surface area (Å²) in [4.78, 5) is 14.9. The molecule has 2 heterocycles. The molecule has 26 heavy (non-hydrogen) atoms. The molecule has 3 aromatic rings. The number of nitrogens with zero attached hydrogens (tertiary/aromatic N) is 3. The molecule has 1 saturated heterocycles. The van der Waals surface area contributed by atoms with Crippen molar-refractivity contribution in [1.82, 2.24) is 20.3 Å². The SMILES string of the molecule is C[C@@H]1CN(C(=O)c2n[nH]nc2-c2ccccc2)C[C@H](c2ccccc2)O1. The van der Waals surface area contributed by atoms with Crippen LogP contribution in [0.3, 0.4) is 0 Å². The van der Waals surface area contributed by atoms with Crippen LogP contribution in [-0.2, 0) is 4.74 Å². The Morgan fingerprint density at radius 3 is 2.46 bits per heavy atom. The summed E-state index contributed by atoms with van der Waals surface area (Å²) in [6, 6.07) is 19.6. The molecule has 0 aliphatic carbocycles. The number of amides is 1. The summed E-state index contributed by atoms with van der Waals surface area (Å²) < 4.78 is 6.05. The lowest BCUT2D eigenvalue weighted by Crippen LogP contribution is -2.46. The Kier molecular flexibility index (Phi) is 4.50. The number of carbonyl (C=O) groups excluding carboxylic acids is 1. The van der Waals surface area contributed by atoms with Gasteiger partial charge < -0.3 is 9.64 Å². The lowest BCUT2D eigenvalue weighted by atomic mass is 10.1. The van der Waals surface area contributed by atoms with Crippen LogP contribution in [0.25, 0.3) is 11.3 Å². The van der Waals surface area contributed by atoms with E-state index < -0.39 is 0 Å². The van der Waals surface area contributed by atoms with Crippen molar-refractivity contribution in [3.63, 3.8) is 0 Å².